The van der Waals surface area contributed by atoms with Crippen LogP contribution in [-0.4, -0.2) is 18.2 Å². The summed E-state index contributed by atoms with van der Waals surface area (Å²) in [5, 5.41) is 2.85. The summed E-state index contributed by atoms with van der Waals surface area (Å²) in [6.07, 6.45) is 0. The molecule has 0 aromatic heterocycles. The third-order valence-electron chi connectivity index (χ3n) is 4.15. The zero-order valence-electron chi connectivity index (χ0n) is 13.9. The first kappa shape index (κ1) is 16.9. The predicted molar refractivity (Wildman–Crippen MR) is 92.5 cm³/mol. The monoisotopic (exact) mass is 309 g/mol. The zero-order valence-corrected chi connectivity index (χ0v) is 13.9. The Morgan fingerprint density at radius 1 is 1.00 bits per heavy atom. The van der Waals surface area contributed by atoms with E-state index in [0.717, 1.165) is 5.56 Å². The second-order valence-electron chi connectivity index (χ2n) is 5.97. The Morgan fingerprint density at radius 3 is 2.17 bits per heavy atom. The van der Waals surface area contributed by atoms with Gasteiger partial charge in [-0.2, -0.15) is 0 Å². The Bertz CT molecular complexity index is 662. The van der Waals surface area contributed by atoms with Crippen molar-refractivity contribution >= 4 is 11.7 Å². The van der Waals surface area contributed by atoms with Crippen molar-refractivity contribution in [2.45, 2.75) is 26.7 Å². The number of ketones is 1. The molecule has 1 amide bonds. The molecule has 3 heteroatoms. The van der Waals surface area contributed by atoms with Gasteiger partial charge >= 0.3 is 0 Å². The van der Waals surface area contributed by atoms with Gasteiger partial charge in [-0.1, -0.05) is 67.1 Å². The molecule has 2 aromatic rings. The molecule has 0 heterocycles. The Hall–Kier alpha value is -2.42. The van der Waals surface area contributed by atoms with Crippen LogP contribution in [0.5, 0.6) is 0 Å². The van der Waals surface area contributed by atoms with Crippen molar-refractivity contribution in [2.75, 3.05) is 6.54 Å². The highest BCUT2D eigenvalue weighted by atomic mass is 16.1. The summed E-state index contributed by atoms with van der Waals surface area (Å²) in [5.74, 6) is -0.248. The lowest BCUT2D eigenvalue weighted by molar-refractivity contribution is -0.119. The third-order valence-corrected chi connectivity index (χ3v) is 4.15. The molecule has 0 aliphatic carbocycles. The van der Waals surface area contributed by atoms with Crippen LogP contribution in [0.2, 0.25) is 0 Å². The summed E-state index contributed by atoms with van der Waals surface area (Å²) in [4.78, 5) is 24.1. The maximum absolute atomic E-state index is 12.8. The van der Waals surface area contributed by atoms with Crippen molar-refractivity contribution in [1.82, 2.24) is 5.32 Å². The molecule has 0 aliphatic rings. The highest BCUT2D eigenvalue weighted by molar-refractivity contribution is 5.98. The SMILES string of the molecule is CC(=O)NCC(c1ccc(C)cc1)C(C)C(=O)c1ccccc1. The summed E-state index contributed by atoms with van der Waals surface area (Å²) < 4.78 is 0. The number of hydrogen-bond acceptors (Lipinski definition) is 2. The van der Waals surface area contributed by atoms with Gasteiger partial charge in [0.05, 0.1) is 0 Å². The molecule has 2 aromatic carbocycles. The highest BCUT2D eigenvalue weighted by Crippen LogP contribution is 2.27. The summed E-state index contributed by atoms with van der Waals surface area (Å²) in [6, 6.07) is 17.5. The smallest absolute Gasteiger partial charge is 0.216 e. The molecule has 1 N–H and O–H groups in total. The third kappa shape index (κ3) is 4.52. The molecule has 0 spiro atoms. The Morgan fingerprint density at radius 2 is 1.61 bits per heavy atom. The van der Waals surface area contributed by atoms with Crippen LogP contribution in [0.15, 0.2) is 54.6 Å². The lowest BCUT2D eigenvalue weighted by Gasteiger charge is -2.24. The van der Waals surface area contributed by atoms with Crippen LogP contribution in [0.1, 0.15) is 41.3 Å². The predicted octanol–water partition coefficient (Wildman–Crippen LogP) is 3.73. The Kier molecular flexibility index (Phi) is 5.69. The number of rotatable bonds is 6. The van der Waals surface area contributed by atoms with Crippen molar-refractivity contribution < 1.29 is 9.59 Å². The Labute approximate surface area is 137 Å². The standard InChI is InChI=1S/C20H23NO2/c1-14-9-11-17(12-10-14)19(13-21-16(3)22)15(2)20(23)18-7-5-4-6-8-18/h4-12,15,19H,13H2,1-3H3,(H,21,22). The van der Waals surface area contributed by atoms with E-state index >= 15 is 0 Å². The van der Waals surface area contributed by atoms with Crippen molar-refractivity contribution in [3.8, 4) is 0 Å². The summed E-state index contributed by atoms with van der Waals surface area (Å²) >= 11 is 0. The lowest BCUT2D eigenvalue weighted by Crippen LogP contribution is -2.32. The Balaban J connectivity index is 2.26. The molecule has 0 radical (unpaired) electrons. The maximum Gasteiger partial charge on any atom is 0.216 e. The zero-order chi connectivity index (χ0) is 16.8. The van der Waals surface area contributed by atoms with Crippen molar-refractivity contribution in [3.63, 3.8) is 0 Å². The second kappa shape index (κ2) is 7.73. The maximum atomic E-state index is 12.8. The van der Waals surface area contributed by atoms with Crippen LogP contribution >= 0.6 is 0 Å². The summed E-state index contributed by atoms with van der Waals surface area (Å²) in [7, 11) is 0. The van der Waals surface area contributed by atoms with Gasteiger partial charge in [0.1, 0.15) is 0 Å². The van der Waals surface area contributed by atoms with Crippen molar-refractivity contribution in [2.24, 2.45) is 5.92 Å². The van der Waals surface area contributed by atoms with Gasteiger partial charge < -0.3 is 5.32 Å². The van der Waals surface area contributed by atoms with E-state index in [1.165, 1.54) is 12.5 Å². The topological polar surface area (TPSA) is 46.2 Å². The van der Waals surface area contributed by atoms with E-state index in [1.54, 1.807) is 0 Å². The quantitative estimate of drug-likeness (QED) is 0.826. The molecular formula is C20H23NO2. The first-order chi connectivity index (χ1) is 11.0. The molecule has 3 nitrogen and oxygen atoms in total. The fraction of sp³-hybridized carbons (Fsp3) is 0.300. The number of Topliss-reactive ketones (excluding diaryl/α,β-unsaturated/α-hetero) is 1. The molecule has 2 rings (SSSR count). The molecule has 0 bridgehead atoms. The van der Waals surface area contributed by atoms with Crippen LogP contribution in [0, 0.1) is 12.8 Å². The normalized spacial score (nSPS) is 13.2. The number of carbonyl (C=O) groups excluding carboxylic acids is 2. The van der Waals surface area contributed by atoms with Crippen LogP contribution in [-0.2, 0) is 4.79 Å². The summed E-state index contributed by atoms with van der Waals surface area (Å²) in [5.41, 5.74) is 2.95. The van der Waals surface area contributed by atoms with Crippen molar-refractivity contribution in [1.29, 1.82) is 0 Å². The number of hydrogen-bond donors (Lipinski definition) is 1. The number of aryl methyl sites for hydroxylation is 1. The van der Waals surface area contributed by atoms with E-state index in [0.29, 0.717) is 12.1 Å². The van der Waals surface area contributed by atoms with Crippen molar-refractivity contribution in [3.05, 3.63) is 71.3 Å². The van der Waals surface area contributed by atoms with Crippen LogP contribution in [0.25, 0.3) is 0 Å². The van der Waals surface area contributed by atoms with Gasteiger partial charge in [0.2, 0.25) is 5.91 Å². The van der Waals surface area contributed by atoms with Gasteiger partial charge in [-0.25, -0.2) is 0 Å². The van der Waals surface area contributed by atoms with E-state index < -0.39 is 0 Å². The van der Waals surface area contributed by atoms with Gasteiger partial charge in [-0.15, -0.1) is 0 Å². The second-order valence-corrected chi connectivity index (χ2v) is 5.97. The molecule has 2 unspecified atom stereocenters. The average Bonchev–Trinajstić information content (AvgIpc) is 2.56. The van der Waals surface area contributed by atoms with E-state index in [1.807, 2.05) is 68.4 Å². The van der Waals surface area contributed by atoms with E-state index in [2.05, 4.69) is 5.32 Å². The highest BCUT2D eigenvalue weighted by Gasteiger charge is 2.26. The van der Waals surface area contributed by atoms with E-state index in [-0.39, 0.29) is 23.5 Å². The molecule has 23 heavy (non-hydrogen) atoms. The van der Waals surface area contributed by atoms with Crippen LogP contribution in [0.3, 0.4) is 0 Å². The van der Waals surface area contributed by atoms with Crippen LogP contribution in [0.4, 0.5) is 0 Å². The van der Waals surface area contributed by atoms with Gasteiger partial charge in [0.25, 0.3) is 0 Å². The molecular weight excluding hydrogens is 286 g/mol. The minimum Gasteiger partial charge on any atom is -0.356 e. The van der Waals surface area contributed by atoms with Gasteiger partial charge in [-0.05, 0) is 12.5 Å². The molecule has 0 saturated heterocycles. The molecule has 2 atom stereocenters. The average molecular weight is 309 g/mol. The first-order valence-corrected chi connectivity index (χ1v) is 7.89. The largest absolute Gasteiger partial charge is 0.356 e. The number of nitrogens with one attached hydrogen (secondary N) is 1. The molecule has 120 valence electrons. The lowest BCUT2D eigenvalue weighted by atomic mass is 9.82. The van der Waals surface area contributed by atoms with Gasteiger partial charge in [-0.3, -0.25) is 9.59 Å². The molecule has 0 aliphatic heterocycles. The molecule has 0 saturated carbocycles. The fourth-order valence-electron chi connectivity index (χ4n) is 2.70. The molecule has 0 fully saturated rings. The van der Waals surface area contributed by atoms with E-state index in [9.17, 15) is 9.59 Å². The number of amides is 1. The minimum absolute atomic E-state index is 0.0489. The first-order valence-electron chi connectivity index (χ1n) is 7.89. The van der Waals surface area contributed by atoms with Crippen LogP contribution < -0.4 is 5.32 Å². The fourth-order valence-corrected chi connectivity index (χ4v) is 2.70. The summed E-state index contributed by atoms with van der Waals surface area (Å²) in [6.45, 7) is 5.92. The number of carbonyl (C=O) groups is 2. The minimum atomic E-state index is -0.216. The van der Waals surface area contributed by atoms with Gasteiger partial charge in [0.15, 0.2) is 5.78 Å². The van der Waals surface area contributed by atoms with Gasteiger partial charge in [0, 0.05) is 30.9 Å². The number of benzene rings is 2. The van der Waals surface area contributed by atoms with E-state index in [4.69, 9.17) is 0 Å².